The van der Waals surface area contributed by atoms with Crippen LogP contribution in [0.3, 0.4) is 0 Å². The van der Waals surface area contributed by atoms with Gasteiger partial charge in [-0.05, 0) is 170 Å². The smallest absolute Gasteiger partial charge is 0.300 e. The van der Waals surface area contributed by atoms with E-state index < -0.39 is 5.97 Å². The Morgan fingerprint density at radius 2 is 0.467 bits per heavy atom. The van der Waals surface area contributed by atoms with E-state index in [2.05, 4.69) is 104 Å². The van der Waals surface area contributed by atoms with E-state index in [1.807, 2.05) is 97.1 Å². The summed E-state index contributed by atoms with van der Waals surface area (Å²) in [5.41, 5.74) is 5.19. The van der Waals surface area contributed by atoms with E-state index in [0.717, 1.165) is 69.3 Å². The Kier molecular flexibility index (Phi) is 28.4. The van der Waals surface area contributed by atoms with Gasteiger partial charge < -0.3 is 61.9 Å². The van der Waals surface area contributed by atoms with Crippen molar-refractivity contribution in [3.8, 4) is 115 Å². The number of aromatic nitrogens is 12. The van der Waals surface area contributed by atoms with Crippen LogP contribution in [0, 0.1) is 0 Å². The van der Waals surface area contributed by atoms with Crippen molar-refractivity contribution in [3.63, 3.8) is 0 Å². The molecule has 16 aromatic rings. The zero-order valence-electron chi connectivity index (χ0n) is 65.6. The first kappa shape index (κ1) is 87.2. The fourth-order valence-electron chi connectivity index (χ4n) is 11.6. The third-order valence-corrected chi connectivity index (χ3v) is 23.0. The number of hydrogen-bond acceptors (Lipinski definition) is 29. The molecule has 0 aliphatic heterocycles. The Labute approximate surface area is 730 Å². The minimum absolute atomic E-state index is 0.230. The molecule has 8 aromatic heterocycles. The first-order valence-corrected chi connectivity index (χ1v) is 41.4. The van der Waals surface area contributed by atoms with E-state index >= 15 is 0 Å². The van der Waals surface area contributed by atoms with Crippen molar-refractivity contribution in [1.29, 1.82) is 0 Å². The van der Waals surface area contributed by atoms with Gasteiger partial charge >= 0.3 is 0 Å². The van der Waals surface area contributed by atoms with Crippen LogP contribution in [-0.2, 0) is 4.79 Å². The second-order valence-electron chi connectivity index (χ2n) is 24.5. The van der Waals surface area contributed by atoms with Crippen LogP contribution in [0.1, 0.15) is 29.2 Å². The van der Waals surface area contributed by atoms with Gasteiger partial charge in [-0.3, -0.25) is 24.0 Å². The largest absolute Gasteiger partial charge is 0.496 e. The second-order valence-corrected chi connectivity index (χ2v) is 32.2. The van der Waals surface area contributed by atoms with Crippen molar-refractivity contribution >= 4 is 159 Å². The van der Waals surface area contributed by atoms with Crippen molar-refractivity contribution in [2.75, 3.05) is 85.3 Å². The molecule has 0 aliphatic rings. The van der Waals surface area contributed by atoms with Gasteiger partial charge in [0, 0.05) is 69.3 Å². The highest BCUT2D eigenvalue weighted by molar-refractivity contribution is 9.11. The number of nitrogens with zero attached hydrogens (tertiary/aromatic N) is 12. The minimum atomic E-state index is -0.833. The predicted molar refractivity (Wildman–Crippen MR) is 474 cm³/mol. The molecular weight excluding hydrogens is 1890 g/mol. The number of halogens is 4. The van der Waals surface area contributed by atoms with Crippen molar-refractivity contribution < 1.29 is 66.7 Å². The lowest BCUT2D eigenvalue weighted by atomic mass is 10.2. The number of rotatable bonds is 20. The Bertz CT molecular complexity index is 6200. The van der Waals surface area contributed by atoms with Crippen LogP contribution < -0.4 is 97.2 Å². The number of carboxylic acids is 1. The molecule has 0 radical (unpaired) electrons. The molecule has 0 saturated heterocycles. The number of hydrogen-bond donors (Lipinski definition) is 1. The SMILES string of the molecule is CC(=O)O.COc1ccc(Br)cc1/C=c1\sc2nc(-c3ccc(OC)c(OC)c3)nn2c1=O.COc1ccc(Br)cc1/C=c1\sc2nc(-c3ccc(OC)c(OC)c3)nn2c1=O.COc1ccc(Br)cc1/C=c1\sc2nc(-c3ccc(OC)c(OC)c3)nn2c1=O.COc1ccc(Br)cc1/C=c1\sc2nc(-c3ccc(OC)c(OC)c3)nn2c1=O. The summed E-state index contributed by atoms with van der Waals surface area (Å²) in [5, 5.41) is 24.9. The fraction of sp³-hybridized carbons (Fsp3) is 0.159. The van der Waals surface area contributed by atoms with Gasteiger partial charge in [-0.15, -0.1) is 20.4 Å². The van der Waals surface area contributed by atoms with Crippen molar-refractivity contribution in [3.05, 3.63) is 245 Å². The average Bonchev–Trinajstić information content (AvgIpc) is 1.64. The van der Waals surface area contributed by atoms with Crippen LogP contribution in [0.5, 0.6) is 69.0 Å². The van der Waals surface area contributed by atoms with E-state index in [9.17, 15) is 19.2 Å². The number of carboxylic acid groups (broad SMARTS) is 1. The predicted octanol–water partition coefficient (Wildman–Crippen LogP) is 12.7. The second kappa shape index (κ2) is 39.1. The molecule has 0 saturated carbocycles. The molecule has 0 fully saturated rings. The summed E-state index contributed by atoms with van der Waals surface area (Å²) < 4.78 is 74.8. The van der Waals surface area contributed by atoms with Gasteiger partial charge in [-0.25, -0.2) is 0 Å². The summed E-state index contributed by atoms with van der Waals surface area (Å²) in [6, 6.07) is 44.0. The molecule has 0 amide bonds. The summed E-state index contributed by atoms with van der Waals surface area (Å²) in [6.07, 6.45) is 7.12. The number of carbonyl (C=O) groups is 1. The topological polar surface area (TPSA) is 337 Å². The quantitative estimate of drug-likeness (QED) is 0.0740. The van der Waals surface area contributed by atoms with Crippen LogP contribution in [0.15, 0.2) is 183 Å². The molecule has 38 heteroatoms. The third-order valence-electron chi connectivity index (χ3n) is 17.2. The van der Waals surface area contributed by atoms with Crippen LogP contribution in [0.25, 0.3) is 89.7 Å². The third kappa shape index (κ3) is 19.6. The molecule has 0 spiro atoms. The zero-order chi connectivity index (χ0) is 85.8. The Balaban J connectivity index is 0.000000144. The Morgan fingerprint density at radius 1 is 0.292 bits per heavy atom. The van der Waals surface area contributed by atoms with Crippen LogP contribution in [0.4, 0.5) is 0 Å². The summed E-state index contributed by atoms with van der Waals surface area (Å²) in [4.78, 5) is 80.4. The highest BCUT2D eigenvalue weighted by Crippen LogP contribution is 2.37. The Hall–Kier alpha value is -12.2. The van der Waals surface area contributed by atoms with Gasteiger partial charge in [0.05, 0.1) is 103 Å². The van der Waals surface area contributed by atoms with Gasteiger partial charge in [0.2, 0.25) is 19.8 Å². The highest BCUT2D eigenvalue weighted by Gasteiger charge is 2.21. The van der Waals surface area contributed by atoms with E-state index in [1.54, 1.807) is 158 Å². The number of ether oxygens (including phenoxy) is 12. The minimum Gasteiger partial charge on any atom is -0.496 e. The summed E-state index contributed by atoms with van der Waals surface area (Å²) >= 11 is 18.9. The molecule has 8 heterocycles. The van der Waals surface area contributed by atoms with Crippen LogP contribution in [0.2, 0.25) is 0 Å². The monoisotopic (exact) mass is 1950 g/mol. The summed E-state index contributed by atoms with van der Waals surface area (Å²) in [6.45, 7) is 1.08. The number of thiazole rings is 4. The molecule has 0 bridgehead atoms. The van der Waals surface area contributed by atoms with Gasteiger partial charge in [0.1, 0.15) is 23.0 Å². The van der Waals surface area contributed by atoms with Crippen molar-refractivity contribution in [2.24, 2.45) is 0 Å². The lowest BCUT2D eigenvalue weighted by molar-refractivity contribution is -0.134. The first-order chi connectivity index (χ1) is 57.9. The fourth-order valence-corrected chi connectivity index (χ4v) is 16.7. The number of fused-ring (bicyclic) bond motifs is 4. The molecule has 0 aliphatic carbocycles. The molecule has 1 N–H and O–H groups in total. The maximum atomic E-state index is 12.8. The average molecular weight is 1960 g/mol. The molecule has 0 unspecified atom stereocenters. The molecule has 120 heavy (non-hydrogen) atoms. The van der Waals surface area contributed by atoms with Crippen LogP contribution in [-0.4, -0.2) is 155 Å². The molecule has 0 atom stereocenters. The number of methoxy groups -OCH3 is 12. The van der Waals surface area contributed by atoms with Gasteiger partial charge in [0.15, 0.2) is 69.3 Å². The van der Waals surface area contributed by atoms with Crippen molar-refractivity contribution in [2.45, 2.75) is 6.92 Å². The Morgan fingerprint density at radius 3 is 0.633 bits per heavy atom. The number of aliphatic carboxylic acids is 1. The highest BCUT2D eigenvalue weighted by atomic mass is 79.9. The van der Waals surface area contributed by atoms with E-state index in [-0.39, 0.29) is 22.2 Å². The lowest BCUT2D eigenvalue weighted by Gasteiger charge is -2.07. The van der Waals surface area contributed by atoms with Gasteiger partial charge in [0.25, 0.3) is 28.2 Å². The maximum absolute atomic E-state index is 12.8. The molecule has 30 nitrogen and oxygen atoms in total. The van der Waals surface area contributed by atoms with Gasteiger partial charge in [-0.2, -0.15) is 38.0 Å². The lowest BCUT2D eigenvalue weighted by Crippen LogP contribution is -2.23. The summed E-state index contributed by atoms with van der Waals surface area (Å²) in [5.74, 6) is 8.39. The molecule has 16 rings (SSSR count). The van der Waals surface area contributed by atoms with E-state index in [1.165, 1.54) is 63.4 Å². The van der Waals surface area contributed by atoms with Crippen molar-refractivity contribution in [1.82, 2.24) is 58.4 Å². The van der Waals surface area contributed by atoms with E-state index in [0.29, 0.717) is 130 Å². The zero-order valence-corrected chi connectivity index (χ0v) is 75.2. The van der Waals surface area contributed by atoms with Crippen LogP contribution >= 0.6 is 109 Å². The number of benzene rings is 8. The molecule has 8 aromatic carbocycles. The molecular formula is C82H68Br4N12O18S4. The summed E-state index contributed by atoms with van der Waals surface area (Å²) in [7, 11) is 18.9. The van der Waals surface area contributed by atoms with E-state index in [4.69, 9.17) is 66.7 Å². The first-order valence-electron chi connectivity index (χ1n) is 35.0. The standard InChI is InChI=1S/4C20H16BrN3O4S.C2H4O2/c4*1-26-14-7-5-13(21)8-12(14)10-17-19(25)24-20(29-17)22-18(23-24)11-4-6-15(27-2)16(9-11)28-3;1-2(3)4/h4*4-10H,1-3H3;1H3,(H,3,4)/b4*17-10-;. The molecule has 616 valence electrons. The van der Waals surface area contributed by atoms with Gasteiger partial charge in [-0.1, -0.05) is 109 Å². The normalized spacial score (nSPS) is 11.6. The maximum Gasteiger partial charge on any atom is 0.300 e.